The lowest BCUT2D eigenvalue weighted by Crippen LogP contribution is -2.21. The Balaban J connectivity index is 1.82. The molecule has 94 valence electrons. The fourth-order valence-corrected chi connectivity index (χ4v) is 1.86. The van der Waals surface area contributed by atoms with Crippen LogP contribution in [0.5, 0.6) is 0 Å². The van der Waals surface area contributed by atoms with Crippen molar-refractivity contribution in [2.45, 2.75) is 19.6 Å². The van der Waals surface area contributed by atoms with Crippen LogP contribution in [0.25, 0.3) is 0 Å². The fraction of sp³-hybridized carbons (Fsp3) is 0.267. The van der Waals surface area contributed by atoms with Crippen molar-refractivity contribution < 1.29 is 5.11 Å². The minimum atomic E-state index is -0.469. The first kappa shape index (κ1) is 12.7. The smallest absolute Gasteiger partial charge is 0.0914 e. The topological polar surface area (TPSA) is 45.2 Å². The molecule has 2 N–H and O–H groups in total. The van der Waals surface area contributed by atoms with E-state index in [1.54, 1.807) is 0 Å². The summed E-state index contributed by atoms with van der Waals surface area (Å²) < 4.78 is 0. The molecule has 0 aliphatic rings. The molecule has 1 heterocycles. The van der Waals surface area contributed by atoms with Crippen molar-refractivity contribution in [2.24, 2.45) is 0 Å². The van der Waals surface area contributed by atoms with Crippen LogP contribution in [0.3, 0.4) is 0 Å². The van der Waals surface area contributed by atoms with Gasteiger partial charge in [-0.1, -0.05) is 36.4 Å². The minimum Gasteiger partial charge on any atom is -0.387 e. The Labute approximate surface area is 108 Å². The molecule has 1 aromatic heterocycles. The highest BCUT2D eigenvalue weighted by atomic mass is 16.3. The third kappa shape index (κ3) is 3.65. The number of nitrogens with one attached hydrogen (secondary N) is 1. The Morgan fingerprint density at radius 3 is 2.72 bits per heavy atom. The number of hydrogen-bond donors (Lipinski definition) is 2. The minimum absolute atomic E-state index is 0.469. The van der Waals surface area contributed by atoms with Gasteiger partial charge in [0.25, 0.3) is 0 Å². The highest BCUT2D eigenvalue weighted by Crippen LogP contribution is 2.10. The number of aliphatic hydroxyl groups excluding tert-OH is 1. The third-order valence-corrected chi connectivity index (χ3v) is 2.78. The van der Waals surface area contributed by atoms with Crippen LogP contribution >= 0.6 is 0 Å². The maximum atomic E-state index is 9.97. The highest BCUT2D eigenvalue weighted by molar-refractivity contribution is 5.18. The number of pyridine rings is 1. The van der Waals surface area contributed by atoms with Crippen LogP contribution in [0.15, 0.2) is 48.8 Å². The van der Waals surface area contributed by atoms with Gasteiger partial charge in [0.2, 0.25) is 0 Å². The second-order valence-electron chi connectivity index (χ2n) is 4.43. The van der Waals surface area contributed by atoms with Crippen molar-refractivity contribution in [1.82, 2.24) is 10.3 Å². The van der Waals surface area contributed by atoms with Crippen molar-refractivity contribution in [3.8, 4) is 0 Å². The lowest BCUT2D eigenvalue weighted by atomic mass is 10.1. The number of aliphatic hydroxyl groups is 1. The first-order chi connectivity index (χ1) is 8.75. The van der Waals surface area contributed by atoms with Gasteiger partial charge in [-0.25, -0.2) is 0 Å². The van der Waals surface area contributed by atoms with Gasteiger partial charge in [0.05, 0.1) is 6.10 Å². The SMILES string of the molecule is Cc1cncc(CNCC(O)c2ccccc2)c1. The quantitative estimate of drug-likeness (QED) is 0.845. The van der Waals surface area contributed by atoms with E-state index in [2.05, 4.69) is 16.4 Å². The molecule has 3 nitrogen and oxygen atoms in total. The van der Waals surface area contributed by atoms with Crippen LogP contribution in [-0.4, -0.2) is 16.6 Å². The molecule has 1 aromatic carbocycles. The van der Waals surface area contributed by atoms with Gasteiger partial charge in [-0.2, -0.15) is 0 Å². The molecule has 0 fully saturated rings. The standard InChI is InChI=1S/C15H18N2O/c1-12-7-13(9-16-8-12)10-17-11-15(18)14-5-3-2-4-6-14/h2-9,15,17-18H,10-11H2,1H3. The molecule has 0 radical (unpaired) electrons. The summed E-state index contributed by atoms with van der Waals surface area (Å²) in [4.78, 5) is 4.14. The molecule has 18 heavy (non-hydrogen) atoms. The Morgan fingerprint density at radius 1 is 1.22 bits per heavy atom. The number of nitrogens with zero attached hydrogens (tertiary/aromatic N) is 1. The lowest BCUT2D eigenvalue weighted by molar-refractivity contribution is 0.174. The van der Waals surface area contributed by atoms with E-state index in [4.69, 9.17) is 0 Å². The van der Waals surface area contributed by atoms with Gasteiger partial charge in [0.15, 0.2) is 0 Å². The first-order valence-corrected chi connectivity index (χ1v) is 6.10. The van der Waals surface area contributed by atoms with E-state index in [1.807, 2.05) is 49.6 Å². The predicted octanol–water partition coefficient (Wildman–Crippen LogP) is 2.21. The summed E-state index contributed by atoms with van der Waals surface area (Å²) >= 11 is 0. The molecule has 2 aromatic rings. The van der Waals surface area contributed by atoms with Gasteiger partial charge >= 0.3 is 0 Å². The summed E-state index contributed by atoms with van der Waals surface area (Å²) in [5, 5.41) is 13.2. The Kier molecular flexibility index (Phi) is 4.45. The van der Waals surface area contributed by atoms with Gasteiger partial charge in [-0.05, 0) is 23.6 Å². The summed E-state index contributed by atoms with van der Waals surface area (Å²) in [6.07, 6.45) is 3.21. The normalized spacial score (nSPS) is 12.3. The molecule has 0 saturated heterocycles. The van der Waals surface area contributed by atoms with E-state index >= 15 is 0 Å². The van der Waals surface area contributed by atoms with Crippen molar-refractivity contribution in [2.75, 3.05) is 6.54 Å². The molecule has 0 amide bonds. The number of aromatic nitrogens is 1. The average molecular weight is 242 g/mol. The number of benzene rings is 1. The summed E-state index contributed by atoms with van der Waals surface area (Å²) in [7, 11) is 0. The summed E-state index contributed by atoms with van der Waals surface area (Å²) in [5.41, 5.74) is 3.22. The zero-order valence-corrected chi connectivity index (χ0v) is 10.5. The summed E-state index contributed by atoms with van der Waals surface area (Å²) in [6, 6.07) is 11.8. The molecule has 2 rings (SSSR count). The van der Waals surface area contributed by atoms with E-state index < -0.39 is 6.10 Å². The number of aryl methyl sites for hydroxylation is 1. The lowest BCUT2D eigenvalue weighted by Gasteiger charge is -2.12. The molecule has 1 atom stereocenters. The van der Waals surface area contributed by atoms with E-state index in [9.17, 15) is 5.11 Å². The molecular formula is C15H18N2O. The average Bonchev–Trinajstić information content (AvgIpc) is 2.40. The zero-order valence-electron chi connectivity index (χ0n) is 10.5. The third-order valence-electron chi connectivity index (χ3n) is 2.78. The van der Waals surface area contributed by atoms with Gasteiger partial charge in [0.1, 0.15) is 0 Å². The number of hydrogen-bond acceptors (Lipinski definition) is 3. The van der Waals surface area contributed by atoms with Gasteiger partial charge in [-0.15, -0.1) is 0 Å². The Bertz CT molecular complexity index is 485. The molecule has 0 spiro atoms. The Morgan fingerprint density at radius 2 is 2.00 bits per heavy atom. The molecule has 0 saturated carbocycles. The van der Waals surface area contributed by atoms with Crippen molar-refractivity contribution >= 4 is 0 Å². The summed E-state index contributed by atoms with van der Waals surface area (Å²) in [6.45, 7) is 3.28. The van der Waals surface area contributed by atoms with Crippen LogP contribution in [0.2, 0.25) is 0 Å². The highest BCUT2D eigenvalue weighted by Gasteiger charge is 2.05. The zero-order chi connectivity index (χ0) is 12.8. The van der Waals surface area contributed by atoms with Crippen molar-refractivity contribution in [3.63, 3.8) is 0 Å². The van der Waals surface area contributed by atoms with Gasteiger partial charge in [-0.3, -0.25) is 4.98 Å². The molecule has 0 aliphatic heterocycles. The van der Waals surface area contributed by atoms with Crippen LogP contribution in [-0.2, 0) is 6.54 Å². The van der Waals surface area contributed by atoms with E-state index in [0.29, 0.717) is 6.54 Å². The van der Waals surface area contributed by atoms with Gasteiger partial charge in [0, 0.05) is 25.5 Å². The van der Waals surface area contributed by atoms with Crippen molar-refractivity contribution in [1.29, 1.82) is 0 Å². The van der Waals surface area contributed by atoms with Crippen LogP contribution in [0.1, 0.15) is 22.8 Å². The first-order valence-electron chi connectivity index (χ1n) is 6.10. The maximum Gasteiger partial charge on any atom is 0.0914 e. The predicted molar refractivity (Wildman–Crippen MR) is 72.1 cm³/mol. The second-order valence-corrected chi connectivity index (χ2v) is 4.43. The Hall–Kier alpha value is -1.71. The van der Waals surface area contributed by atoms with Crippen LogP contribution in [0.4, 0.5) is 0 Å². The largest absolute Gasteiger partial charge is 0.387 e. The van der Waals surface area contributed by atoms with Gasteiger partial charge < -0.3 is 10.4 Å². The van der Waals surface area contributed by atoms with Crippen LogP contribution < -0.4 is 5.32 Å². The van der Waals surface area contributed by atoms with E-state index in [1.165, 1.54) is 0 Å². The monoisotopic (exact) mass is 242 g/mol. The summed E-state index contributed by atoms with van der Waals surface area (Å²) in [5.74, 6) is 0. The molecule has 0 aliphatic carbocycles. The molecule has 1 unspecified atom stereocenters. The molecule has 3 heteroatoms. The molecular weight excluding hydrogens is 224 g/mol. The van der Waals surface area contributed by atoms with Crippen LogP contribution in [0, 0.1) is 6.92 Å². The molecule has 0 bridgehead atoms. The second kappa shape index (κ2) is 6.28. The maximum absolute atomic E-state index is 9.97. The fourth-order valence-electron chi connectivity index (χ4n) is 1.86. The number of rotatable bonds is 5. The van der Waals surface area contributed by atoms with Crippen molar-refractivity contribution in [3.05, 3.63) is 65.5 Å². The van der Waals surface area contributed by atoms with E-state index in [-0.39, 0.29) is 0 Å². The van der Waals surface area contributed by atoms with E-state index in [0.717, 1.165) is 23.2 Å².